The van der Waals surface area contributed by atoms with Crippen LogP contribution in [-0.4, -0.2) is 111 Å². The molecule has 3 fully saturated rings. The predicted octanol–water partition coefficient (Wildman–Crippen LogP) is 3.83. The maximum Gasteiger partial charge on any atom is 0.408 e. The van der Waals surface area contributed by atoms with E-state index < -0.39 is 118 Å². The second-order valence-electron chi connectivity index (χ2n) is 18.2. The van der Waals surface area contributed by atoms with Gasteiger partial charge in [-0.15, -0.1) is 0 Å². The summed E-state index contributed by atoms with van der Waals surface area (Å²) in [5.74, 6) is -6.23. The summed E-state index contributed by atoms with van der Waals surface area (Å²) in [6.45, 7) is 12.8. The number of carbonyl (C=O) groups is 6. The number of esters is 4. The zero-order valence-corrected chi connectivity index (χ0v) is 35.8. The second kappa shape index (κ2) is 16.3. The Morgan fingerprint density at radius 3 is 2.05 bits per heavy atom. The first kappa shape index (κ1) is 45.4. The predicted molar refractivity (Wildman–Crippen MR) is 213 cm³/mol. The Morgan fingerprint density at radius 1 is 0.902 bits per heavy atom. The van der Waals surface area contributed by atoms with Crippen molar-refractivity contribution in [2.75, 3.05) is 6.61 Å². The van der Waals surface area contributed by atoms with Crippen molar-refractivity contribution in [1.82, 2.24) is 5.32 Å². The van der Waals surface area contributed by atoms with Gasteiger partial charge in [0.05, 0.1) is 29.6 Å². The molecule has 16 heteroatoms. The molecule has 1 aliphatic heterocycles. The number of carbonyl (C=O) groups excluding carboxylic acids is 6. The highest BCUT2D eigenvalue weighted by Crippen LogP contribution is 2.64. The Kier molecular flexibility index (Phi) is 12.1. The lowest BCUT2D eigenvalue weighted by molar-refractivity contribution is -0.346. The van der Waals surface area contributed by atoms with Gasteiger partial charge < -0.3 is 49.1 Å². The molecule has 1 saturated heterocycles. The standard InChI is InChI=1S/C45H55NO15/c1-23-28(58-39(53)32(46-40(54)61-41(4,5)6)33(50)26-16-12-10-13-17-26)21-45(55)37(59-38(52)27-18-14-11-15-19-27)35-43(9,29(49)20-30-44(35,22-56-30)60-25(3)48)36(51)34(57-24(2)47)31(23)42(45,7)8/h10-19,28-30,32-35,37,49-50,55H,20-22H2,1-9H3,(H,46,54)/t28-,29-,30+,32?,33?,34+,35-,37-,43+,44-,45+/m0/s1. The molecule has 2 unspecified atom stereocenters. The van der Waals surface area contributed by atoms with E-state index in [1.165, 1.54) is 38.1 Å². The molecule has 16 nitrogen and oxygen atoms in total. The minimum atomic E-state index is -2.40. The normalized spacial score (nSPS) is 32.5. The van der Waals surface area contributed by atoms with Crippen LogP contribution in [0.25, 0.3) is 0 Å². The molecule has 61 heavy (non-hydrogen) atoms. The van der Waals surface area contributed by atoms with Crippen LogP contribution in [0.3, 0.4) is 0 Å². The van der Waals surface area contributed by atoms with E-state index in [9.17, 15) is 39.3 Å². The van der Waals surface area contributed by atoms with Gasteiger partial charge in [-0.2, -0.15) is 0 Å². The van der Waals surface area contributed by atoms with Gasteiger partial charge in [0.25, 0.3) is 0 Å². The molecule has 0 radical (unpaired) electrons. The number of alkyl carbamates (subject to hydrolysis) is 1. The van der Waals surface area contributed by atoms with Gasteiger partial charge in [-0.3, -0.25) is 14.4 Å². The van der Waals surface area contributed by atoms with E-state index in [1.807, 2.05) is 0 Å². The summed E-state index contributed by atoms with van der Waals surface area (Å²) in [6, 6.07) is 14.0. The van der Waals surface area contributed by atoms with E-state index in [0.717, 1.165) is 13.8 Å². The number of rotatable bonds is 9. The fourth-order valence-corrected chi connectivity index (χ4v) is 9.77. The number of aliphatic hydroxyl groups is 3. The summed E-state index contributed by atoms with van der Waals surface area (Å²) in [5.41, 5.74) is -8.47. The Labute approximate surface area is 353 Å². The zero-order chi connectivity index (χ0) is 45.0. The molecule has 2 saturated carbocycles. The highest BCUT2D eigenvalue weighted by atomic mass is 16.6. The first-order valence-corrected chi connectivity index (χ1v) is 20.2. The van der Waals surface area contributed by atoms with Gasteiger partial charge in [0.15, 0.2) is 23.5 Å². The molecule has 1 heterocycles. The van der Waals surface area contributed by atoms with Crippen LogP contribution in [0.5, 0.6) is 0 Å². The molecule has 6 rings (SSSR count). The molecule has 0 spiro atoms. The highest BCUT2D eigenvalue weighted by molar-refractivity contribution is 5.95. The lowest BCUT2D eigenvalue weighted by atomic mass is 9.44. The van der Waals surface area contributed by atoms with Crippen LogP contribution in [0.15, 0.2) is 71.8 Å². The molecule has 2 bridgehead atoms. The fraction of sp³-hybridized carbons (Fsp3) is 0.556. The summed E-state index contributed by atoms with van der Waals surface area (Å²) >= 11 is 0. The zero-order valence-electron chi connectivity index (χ0n) is 35.8. The van der Waals surface area contributed by atoms with Gasteiger partial charge in [-0.1, -0.05) is 62.4 Å². The van der Waals surface area contributed by atoms with Crippen LogP contribution in [0, 0.1) is 16.7 Å². The summed E-state index contributed by atoms with van der Waals surface area (Å²) < 4.78 is 35.7. The summed E-state index contributed by atoms with van der Waals surface area (Å²) in [4.78, 5) is 83.3. The van der Waals surface area contributed by atoms with Gasteiger partial charge in [0, 0.05) is 32.1 Å². The first-order valence-electron chi connectivity index (χ1n) is 20.2. The summed E-state index contributed by atoms with van der Waals surface area (Å²) in [5, 5.41) is 39.7. The van der Waals surface area contributed by atoms with Crippen LogP contribution >= 0.6 is 0 Å². The van der Waals surface area contributed by atoms with Crippen molar-refractivity contribution in [3.63, 3.8) is 0 Å². The average Bonchev–Trinajstić information content (AvgIpc) is 3.17. The maximum absolute atomic E-state index is 15.5. The van der Waals surface area contributed by atoms with E-state index in [-0.39, 0.29) is 35.3 Å². The number of ether oxygens (including phenoxy) is 6. The Hall–Kier alpha value is -5.16. The van der Waals surface area contributed by atoms with E-state index in [0.29, 0.717) is 0 Å². The van der Waals surface area contributed by atoms with Gasteiger partial charge in [0.1, 0.15) is 35.6 Å². The lowest BCUT2D eigenvalue weighted by Crippen LogP contribution is -2.82. The Balaban J connectivity index is 1.57. The van der Waals surface area contributed by atoms with Crippen molar-refractivity contribution in [1.29, 1.82) is 0 Å². The van der Waals surface area contributed by atoms with Gasteiger partial charge >= 0.3 is 30.0 Å². The SMILES string of the molecule is CC(=O)O[C@H]1C(=O)[C@@]2(C)[C@H]([C@H](OC(=O)c3ccccc3)[C@]3(O)C[C@H](OC(=O)C(NC(=O)OC(C)(C)C)C(O)c4ccccc4)C(C)=C1C3(C)C)[C@]1(OC(C)=O)CO[C@@H]1C[C@@H]2O. The number of nitrogens with one attached hydrogen (secondary N) is 1. The van der Waals surface area contributed by atoms with Gasteiger partial charge in [-0.25, -0.2) is 14.4 Å². The highest BCUT2D eigenvalue weighted by Gasteiger charge is 2.78. The van der Waals surface area contributed by atoms with E-state index >= 15 is 4.79 Å². The molecule has 11 atom stereocenters. The topological polar surface area (TPSA) is 231 Å². The van der Waals surface area contributed by atoms with Gasteiger partial charge in [0.2, 0.25) is 0 Å². The quantitative estimate of drug-likeness (QED) is 0.160. The molecular weight excluding hydrogens is 794 g/mol. The van der Waals surface area contributed by atoms with Crippen LogP contribution in [-0.2, 0) is 47.6 Å². The van der Waals surface area contributed by atoms with Crippen molar-refractivity contribution in [3.05, 3.63) is 82.9 Å². The number of amides is 1. The van der Waals surface area contributed by atoms with Crippen LogP contribution in [0.4, 0.5) is 4.79 Å². The third-order valence-electron chi connectivity index (χ3n) is 12.8. The third kappa shape index (κ3) is 7.94. The molecule has 4 N–H and O–H groups in total. The number of hydrogen-bond acceptors (Lipinski definition) is 15. The molecule has 3 aliphatic carbocycles. The third-order valence-corrected chi connectivity index (χ3v) is 12.8. The van der Waals surface area contributed by atoms with Crippen LogP contribution in [0.1, 0.15) is 97.2 Å². The molecular formula is C45H55NO15. The van der Waals surface area contributed by atoms with E-state index in [2.05, 4.69) is 5.32 Å². The van der Waals surface area contributed by atoms with Crippen molar-refractivity contribution in [3.8, 4) is 0 Å². The van der Waals surface area contributed by atoms with Crippen molar-refractivity contribution >= 4 is 35.8 Å². The molecule has 0 aromatic heterocycles. The molecule has 330 valence electrons. The number of Topliss-reactive ketones (excluding diaryl/α,β-unsaturated/α-hetero) is 1. The summed E-state index contributed by atoms with van der Waals surface area (Å²) in [6.07, 6.45) is -11.3. The van der Waals surface area contributed by atoms with E-state index in [4.69, 9.17) is 28.4 Å². The number of aliphatic hydroxyl groups excluding tert-OH is 2. The molecule has 4 aliphatic rings. The Bertz CT molecular complexity index is 2100. The van der Waals surface area contributed by atoms with Crippen molar-refractivity contribution in [2.45, 2.75) is 135 Å². The fourth-order valence-electron chi connectivity index (χ4n) is 9.77. The first-order chi connectivity index (χ1) is 28.4. The smallest absolute Gasteiger partial charge is 0.408 e. The van der Waals surface area contributed by atoms with Crippen LogP contribution < -0.4 is 5.32 Å². The minimum Gasteiger partial charge on any atom is -0.456 e. The second-order valence-corrected chi connectivity index (χ2v) is 18.2. The molecule has 2 aromatic rings. The molecule has 2 aromatic carbocycles. The number of hydrogen-bond donors (Lipinski definition) is 4. The van der Waals surface area contributed by atoms with Crippen molar-refractivity contribution < 1.29 is 72.5 Å². The monoisotopic (exact) mass is 849 g/mol. The molecule has 1 amide bonds. The van der Waals surface area contributed by atoms with Crippen LogP contribution in [0.2, 0.25) is 0 Å². The maximum atomic E-state index is 15.5. The average molecular weight is 850 g/mol. The number of ketones is 1. The largest absolute Gasteiger partial charge is 0.456 e. The van der Waals surface area contributed by atoms with E-state index in [1.54, 1.807) is 71.0 Å². The van der Waals surface area contributed by atoms with Crippen molar-refractivity contribution in [2.24, 2.45) is 16.7 Å². The number of benzene rings is 2. The minimum absolute atomic E-state index is 0.0133. The van der Waals surface area contributed by atoms with Gasteiger partial charge in [-0.05, 0) is 63.5 Å². The number of fused-ring (bicyclic) bond motifs is 5. The summed E-state index contributed by atoms with van der Waals surface area (Å²) in [7, 11) is 0. The lowest BCUT2D eigenvalue weighted by Gasteiger charge is -2.67. The Morgan fingerprint density at radius 2 is 1.51 bits per heavy atom.